The molecule has 1 aromatic carbocycles. The molecule has 0 saturated carbocycles. The second-order valence-corrected chi connectivity index (χ2v) is 7.58. The molecule has 1 aromatic rings. The highest BCUT2D eigenvalue weighted by Gasteiger charge is 2.25. The highest BCUT2D eigenvalue weighted by Crippen LogP contribution is 2.31. The van der Waals surface area contributed by atoms with Crippen LogP contribution in [-0.4, -0.2) is 12.7 Å². The normalized spacial score (nSPS) is 20.0. The standard InChI is InChI=1S/C17H26O/c1-16(2,3)13-7-12(9-15-11-18-15)8-14(10-13)17(4,5)6/h7-8,10,15H,9,11H2,1-6H3. The van der Waals surface area contributed by atoms with E-state index in [0.29, 0.717) is 6.10 Å². The Morgan fingerprint density at radius 1 is 0.944 bits per heavy atom. The van der Waals surface area contributed by atoms with Gasteiger partial charge in [-0.15, -0.1) is 0 Å². The van der Waals surface area contributed by atoms with Crippen molar-refractivity contribution in [3.63, 3.8) is 0 Å². The van der Waals surface area contributed by atoms with Gasteiger partial charge in [0.25, 0.3) is 0 Å². The van der Waals surface area contributed by atoms with E-state index in [1.54, 1.807) is 0 Å². The quantitative estimate of drug-likeness (QED) is 0.712. The predicted octanol–water partition coefficient (Wildman–Crippen LogP) is 4.22. The van der Waals surface area contributed by atoms with Crippen molar-refractivity contribution in [2.24, 2.45) is 0 Å². The maximum absolute atomic E-state index is 5.36. The van der Waals surface area contributed by atoms with Crippen molar-refractivity contribution in [3.8, 4) is 0 Å². The van der Waals surface area contributed by atoms with Gasteiger partial charge in [0.05, 0.1) is 12.7 Å². The Balaban J connectivity index is 2.40. The summed E-state index contributed by atoms with van der Waals surface area (Å²) in [6, 6.07) is 7.09. The highest BCUT2D eigenvalue weighted by molar-refractivity contribution is 5.37. The fourth-order valence-electron chi connectivity index (χ4n) is 2.12. The third-order valence-corrected chi connectivity index (χ3v) is 3.59. The van der Waals surface area contributed by atoms with Gasteiger partial charge in [-0.1, -0.05) is 59.7 Å². The Hall–Kier alpha value is -0.820. The van der Waals surface area contributed by atoms with Crippen LogP contribution in [0.25, 0.3) is 0 Å². The first-order valence-corrected chi connectivity index (χ1v) is 6.93. The van der Waals surface area contributed by atoms with E-state index < -0.39 is 0 Å². The molecule has 0 radical (unpaired) electrons. The van der Waals surface area contributed by atoms with E-state index in [1.807, 2.05) is 0 Å². The lowest BCUT2D eigenvalue weighted by Crippen LogP contribution is -2.17. The summed E-state index contributed by atoms with van der Waals surface area (Å²) in [4.78, 5) is 0. The summed E-state index contributed by atoms with van der Waals surface area (Å²) in [6.07, 6.45) is 1.53. The van der Waals surface area contributed by atoms with Gasteiger partial charge >= 0.3 is 0 Å². The minimum Gasteiger partial charge on any atom is -0.373 e. The maximum Gasteiger partial charge on any atom is 0.0850 e. The van der Waals surface area contributed by atoms with E-state index in [9.17, 15) is 0 Å². The average Bonchev–Trinajstić information content (AvgIpc) is 2.98. The molecule has 0 aromatic heterocycles. The van der Waals surface area contributed by atoms with Crippen molar-refractivity contribution >= 4 is 0 Å². The number of epoxide rings is 1. The molecule has 0 bridgehead atoms. The van der Waals surface area contributed by atoms with Gasteiger partial charge in [0.2, 0.25) is 0 Å². The van der Waals surface area contributed by atoms with Gasteiger partial charge in [0.1, 0.15) is 0 Å². The van der Waals surface area contributed by atoms with Gasteiger partial charge < -0.3 is 4.74 Å². The largest absolute Gasteiger partial charge is 0.373 e. The molecule has 0 aliphatic carbocycles. The van der Waals surface area contributed by atoms with Crippen LogP contribution in [0.1, 0.15) is 58.2 Å². The summed E-state index contributed by atoms with van der Waals surface area (Å²) in [5.41, 5.74) is 4.71. The van der Waals surface area contributed by atoms with E-state index in [2.05, 4.69) is 59.7 Å². The Morgan fingerprint density at radius 3 is 1.72 bits per heavy atom. The Labute approximate surface area is 112 Å². The third-order valence-electron chi connectivity index (χ3n) is 3.59. The average molecular weight is 246 g/mol. The van der Waals surface area contributed by atoms with Crippen LogP contribution >= 0.6 is 0 Å². The molecule has 1 saturated heterocycles. The molecule has 1 aliphatic rings. The van der Waals surface area contributed by atoms with Crippen LogP contribution in [0.5, 0.6) is 0 Å². The molecular formula is C17H26O. The predicted molar refractivity (Wildman–Crippen MR) is 77.3 cm³/mol. The first kappa shape index (κ1) is 13.6. The maximum atomic E-state index is 5.36. The monoisotopic (exact) mass is 246 g/mol. The smallest absolute Gasteiger partial charge is 0.0850 e. The number of hydrogen-bond donors (Lipinski definition) is 0. The van der Waals surface area contributed by atoms with E-state index >= 15 is 0 Å². The van der Waals surface area contributed by atoms with Crippen molar-refractivity contribution < 1.29 is 4.74 Å². The molecule has 0 N–H and O–H groups in total. The Bertz CT molecular complexity index is 396. The van der Waals surface area contributed by atoms with Crippen LogP contribution in [0, 0.1) is 0 Å². The van der Waals surface area contributed by atoms with Crippen LogP contribution in [0.4, 0.5) is 0 Å². The summed E-state index contributed by atoms with van der Waals surface area (Å²) in [7, 11) is 0. The molecule has 1 aliphatic heterocycles. The van der Waals surface area contributed by atoms with Crippen molar-refractivity contribution in [2.45, 2.75) is 64.9 Å². The van der Waals surface area contributed by atoms with Gasteiger partial charge in [0.15, 0.2) is 0 Å². The molecule has 1 atom stereocenters. The van der Waals surface area contributed by atoms with Gasteiger partial charge in [-0.25, -0.2) is 0 Å². The molecule has 1 fully saturated rings. The van der Waals surface area contributed by atoms with E-state index in [-0.39, 0.29) is 10.8 Å². The molecule has 0 amide bonds. The molecule has 100 valence electrons. The van der Waals surface area contributed by atoms with E-state index in [0.717, 1.165) is 13.0 Å². The number of benzene rings is 1. The fourth-order valence-corrected chi connectivity index (χ4v) is 2.12. The topological polar surface area (TPSA) is 12.5 Å². The van der Waals surface area contributed by atoms with Gasteiger partial charge in [-0.05, 0) is 27.5 Å². The lowest BCUT2D eigenvalue weighted by molar-refractivity contribution is 0.407. The van der Waals surface area contributed by atoms with Crippen molar-refractivity contribution in [1.82, 2.24) is 0 Å². The number of ether oxygens (including phenoxy) is 1. The molecule has 1 heteroatoms. The summed E-state index contributed by atoms with van der Waals surface area (Å²) in [5, 5.41) is 0. The van der Waals surface area contributed by atoms with Gasteiger partial charge in [0, 0.05) is 6.42 Å². The van der Waals surface area contributed by atoms with Crippen molar-refractivity contribution in [2.75, 3.05) is 6.61 Å². The summed E-state index contributed by atoms with van der Waals surface area (Å²) >= 11 is 0. The zero-order chi connectivity index (χ0) is 13.6. The van der Waals surface area contributed by atoms with Crippen LogP contribution in [-0.2, 0) is 22.0 Å². The first-order chi connectivity index (χ1) is 8.16. The fraction of sp³-hybridized carbons (Fsp3) is 0.647. The highest BCUT2D eigenvalue weighted by atomic mass is 16.6. The zero-order valence-electron chi connectivity index (χ0n) is 12.6. The Morgan fingerprint density at radius 2 is 1.39 bits per heavy atom. The van der Waals surface area contributed by atoms with E-state index in [1.165, 1.54) is 16.7 Å². The minimum atomic E-state index is 0.209. The molecule has 2 rings (SSSR count). The number of hydrogen-bond acceptors (Lipinski definition) is 1. The molecule has 1 heterocycles. The van der Waals surface area contributed by atoms with Crippen LogP contribution < -0.4 is 0 Å². The second kappa shape index (κ2) is 4.38. The molecule has 0 spiro atoms. The second-order valence-electron chi connectivity index (χ2n) is 7.58. The number of rotatable bonds is 2. The minimum absolute atomic E-state index is 0.209. The van der Waals surface area contributed by atoms with Crippen LogP contribution in [0.2, 0.25) is 0 Å². The van der Waals surface area contributed by atoms with Crippen molar-refractivity contribution in [1.29, 1.82) is 0 Å². The van der Waals surface area contributed by atoms with E-state index in [4.69, 9.17) is 4.74 Å². The summed E-state index contributed by atoms with van der Waals surface area (Å²) < 4.78 is 5.36. The summed E-state index contributed by atoms with van der Waals surface area (Å²) in [5.74, 6) is 0. The lowest BCUT2D eigenvalue weighted by atomic mass is 9.79. The SMILES string of the molecule is CC(C)(C)c1cc(CC2CO2)cc(C(C)(C)C)c1. The molecule has 18 heavy (non-hydrogen) atoms. The van der Waals surface area contributed by atoms with Crippen molar-refractivity contribution in [3.05, 3.63) is 34.9 Å². The molecule has 1 unspecified atom stereocenters. The molecule has 1 nitrogen and oxygen atoms in total. The zero-order valence-corrected chi connectivity index (χ0v) is 12.6. The Kier molecular flexibility index (Phi) is 3.31. The van der Waals surface area contributed by atoms with Gasteiger partial charge in [-0.2, -0.15) is 0 Å². The lowest BCUT2D eigenvalue weighted by Gasteiger charge is -2.26. The van der Waals surface area contributed by atoms with Gasteiger partial charge in [-0.3, -0.25) is 0 Å². The summed E-state index contributed by atoms with van der Waals surface area (Å²) in [6.45, 7) is 14.6. The molecular weight excluding hydrogens is 220 g/mol. The van der Waals surface area contributed by atoms with Crippen LogP contribution in [0.15, 0.2) is 18.2 Å². The van der Waals surface area contributed by atoms with Crippen LogP contribution in [0.3, 0.4) is 0 Å². The first-order valence-electron chi connectivity index (χ1n) is 6.93. The third kappa shape index (κ3) is 3.35.